The van der Waals surface area contributed by atoms with Crippen LogP contribution in [0, 0.1) is 6.92 Å². The molecule has 5 rings (SSSR count). The van der Waals surface area contributed by atoms with Crippen molar-refractivity contribution in [2.24, 2.45) is 7.05 Å². The fourth-order valence-corrected chi connectivity index (χ4v) is 5.39. The first-order chi connectivity index (χ1) is 20.2. The van der Waals surface area contributed by atoms with E-state index in [9.17, 15) is 24.6 Å². The van der Waals surface area contributed by atoms with E-state index in [2.05, 4.69) is 0 Å². The van der Waals surface area contributed by atoms with Crippen molar-refractivity contribution < 1.29 is 29.3 Å². The Morgan fingerprint density at radius 1 is 0.929 bits per heavy atom. The molecule has 0 bridgehead atoms. The molecule has 42 heavy (non-hydrogen) atoms. The van der Waals surface area contributed by atoms with Gasteiger partial charge in [0.05, 0.1) is 11.1 Å². The van der Waals surface area contributed by atoms with E-state index in [1.54, 1.807) is 17.0 Å². The van der Waals surface area contributed by atoms with Gasteiger partial charge in [0.2, 0.25) is 0 Å². The van der Waals surface area contributed by atoms with E-state index >= 15 is 0 Å². The number of carboxylic acids is 1. The van der Waals surface area contributed by atoms with Crippen LogP contribution in [-0.4, -0.2) is 50.7 Å². The van der Waals surface area contributed by atoms with E-state index in [0.717, 1.165) is 16.8 Å². The molecule has 1 aromatic heterocycles. The average Bonchev–Trinajstić information content (AvgIpc) is 3.30. The summed E-state index contributed by atoms with van der Waals surface area (Å²) < 4.78 is 7.73. The summed E-state index contributed by atoms with van der Waals surface area (Å²) in [6.45, 7) is 5.11. The Bertz CT molecular complexity index is 1640. The number of ether oxygens (including phenoxy) is 1. The number of hydrogen-bond acceptors (Lipinski definition) is 4. The first kappa shape index (κ1) is 28.5. The zero-order chi connectivity index (χ0) is 30.0. The van der Waals surface area contributed by atoms with Crippen LogP contribution < -0.4 is 9.64 Å². The second-order valence-corrected chi connectivity index (χ2v) is 10.3. The number of rotatable bonds is 8. The van der Waals surface area contributed by atoms with E-state index in [0.29, 0.717) is 59.9 Å². The van der Waals surface area contributed by atoms with E-state index in [1.807, 2.05) is 86.1 Å². The van der Waals surface area contributed by atoms with Gasteiger partial charge in [-0.1, -0.05) is 30.3 Å². The summed E-state index contributed by atoms with van der Waals surface area (Å²) in [5.41, 5.74) is 5.74. The minimum Gasteiger partial charge on any atom is -0.489 e. The molecule has 0 saturated carbocycles. The highest BCUT2D eigenvalue weighted by Crippen LogP contribution is 2.34. The minimum atomic E-state index is -1.11. The molecule has 0 unspecified atom stereocenters. The highest BCUT2D eigenvalue weighted by atomic mass is 16.5. The fraction of sp³-hybridized carbons (Fsp3) is 0.242. The molecule has 0 atom stereocenters. The lowest BCUT2D eigenvalue weighted by Crippen LogP contribution is -2.35. The normalized spacial score (nSPS) is 12.5. The number of fused-ring (bicyclic) bond motifs is 1. The summed E-state index contributed by atoms with van der Waals surface area (Å²) in [6.07, 6.45) is -0.545. The molecule has 1 aliphatic heterocycles. The molecule has 216 valence electrons. The Morgan fingerprint density at radius 3 is 2.29 bits per heavy atom. The van der Waals surface area contributed by atoms with Gasteiger partial charge < -0.3 is 29.3 Å². The molecule has 2 heterocycles. The number of carboxylic acid groups (broad SMARTS) is 2. The molecule has 0 radical (unpaired) electrons. The van der Waals surface area contributed by atoms with Gasteiger partial charge in [-0.25, -0.2) is 9.59 Å². The third kappa shape index (κ3) is 5.58. The number of anilines is 1. The van der Waals surface area contributed by atoms with Crippen molar-refractivity contribution >= 4 is 23.7 Å². The van der Waals surface area contributed by atoms with Gasteiger partial charge >= 0.3 is 12.1 Å². The number of amides is 2. The molecular formula is C33H33N3O6. The van der Waals surface area contributed by atoms with Crippen LogP contribution >= 0.6 is 0 Å². The van der Waals surface area contributed by atoms with Crippen LogP contribution in [-0.2, 0) is 26.6 Å². The smallest absolute Gasteiger partial charge is 0.407 e. The van der Waals surface area contributed by atoms with Gasteiger partial charge in [0, 0.05) is 49.3 Å². The Morgan fingerprint density at radius 2 is 1.64 bits per heavy atom. The second-order valence-electron chi connectivity index (χ2n) is 10.3. The van der Waals surface area contributed by atoms with Crippen LogP contribution in [0.25, 0.3) is 11.3 Å². The maximum absolute atomic E-state index is 13.8. The van der Waals surface area contributed by atoms with Crippen molar-refractivity contribution in [2.45, 2.75) is 33.4 Å². The number of nitrogens with zero attached hydrogens (tertiary/aromatic N) is 3. The lowest BCUT2D eigenvalue weighted by Gasteiger charge is -2.27. The first-order valence-corrected chi connectivity index (χ1v) is 13.8. The molecule has 4 aromatic rings. The summed E-state index contributed by atoms with van der Waals surface area (Å²) in [7, 11) is 1.81. The monoisotopic (exact) mass is 567 g/mol. The molecule has 0 spiro atoms. The van der Waals surface area contributed by atoms with Gasteiger partial charge in [-0.15, -0.1) is 0 Å². The number of aromatic carboxylic acids is 1. The van der Waals surface area contributed by atoms with Gasteiger partial charge in [-0.2, -0.15) is 0 Å². The summed E-state index contributed by atoms with van der Waals surface area (Å²) in [4.78, 5) is 40.6. The third-order valence-electron chi connectivity index (χ3n) is 7.85. The topological polar surface area (TPSA) is 112 Å². The zero-order valence-corrected chi connectivity index (χ0v) is 23.8. The van der Waals surface area contributed by atoms with E-state index < -0.39 is 12.1 Å². The van der Waals surface area contributed by atoms with Crippen LogP contribution in [0.5, 0.6) is 5.75 Å². The van der Waals surface area contributed by atoms with Gasteiger partial charge in [0.15, 0.2) is 0 Å². The number of hydrogen-bond donors (Lipinski definition) is 2. The van der Waals surface area contributed by atoms with Crippen molar-refractivity contribution in [3.8, 4) is 17.0 Å². The Labute approximate surface area is 244 Å². The molecule has 0 saturated heterocycles. The molecule has 1 aliphatic rings. The Balaban J connectivity index is 1.42. The molecule has 9 nitrogen and oxygen atoms in total. The van der Waals surface area contributed by atoms with Crippen LogP contribution in [0.2, 0.25) is 0 Å². The summed E-state index contributed by atoms with van der Waals surface area (Å²) in [5, 5.41) is 19.4. The molecule has 2 amide bonds. The van der Waals surface area contributed by atoms with Crippen molar-refractivity contribution in [1.29, 1.82) is 0 Å². The average molecular weight is 568 g/mol. The van der Waals surface area contributed by atoms with Crippen molar-refractivity contribution in [3.63, 3.8) is 0 Å². The van der Waals surface area contributed by atoms with Crippen LogP contribution in [0.3, 0.4) is 0 Å². The zero-order valence-electron chi connectivity index (χ0n) is 23.8. The van der Waals surface area contributed by atoms with Crippen LogP contribution in [0.1, 0.15) is 50.0 Å². The van der Waals surface area contributed by atoms with Gasteiger partial charge in [-0.05, 0) is 79.4 Å². The maximum atomic E-state index is 13.8. The van der Waals surface area contributed by atoms with Crippen LogP contribution in [0.15, 0.2) is 72.8 Å². The van der Waals surface area contributed by atoms with Gasteiger partial charge in [0.25, 0.3) is 5.91 Å². The number of benzene rings is 3. The van der Waals surface area contributed by atoms with Crippen molar-refractivity contribution in [1.82, 2.24) is 9.47 Å². The molecule has 0 fully saturated rings. The molecule has 3 aromatic carbocycles. The predicted molar refractivity (Wildman–Crippen MR) is 159 cm³/mol. The summed E-state index contributed by atoms with van der Waals surface area (Å²) in [5.74, 6) is -0.608. The molecular weight excluding hydrogens is 534 g/mol. The Hall–Kier alpha value is -5.05. The molecule has 9 heteroatoms. The van der Waals surface area contributed by atoms with Crippen LogP contribution in [0.4, 0.5) is 10.5 Å². The Kier molecular flexibility index (Phi) is 8.01. The SMILES string of the molecule is CCN(C(=O)c1cc(-c2cc3c(cc2C(=O)O)CN(C(=O)O)CC3)n(C)c1C)c1ccc(OCc2ccccc2)cc1. The summed E-state index contributed by atoms with van der Waals surface area (Å²) in [6, 6.07) is 22.4. The highest BCUT2D eigenvalue weighted by Gasteiger charge is 2.27. The number of carbonyl (C=O) groups excluding carboxylic acids is 1. The van der Waals surface area contributed by atoms with E-state index in [-0.39, 0.29) is 18.0 Å². The highest BCUT2D eigenvalue weighted by molar-refractivity contribution is 6.08. The largest absolute Gasteiger partial charge is 0.489 e. The van der Waals surface area contributed by atoms with Crippen molar-refractivity contribution in [3.05, 3.63) is 106 Å². The fourth-order valence-electron chi connectivity index (χ4n) is 5.39. The first-order valence-electron chi connectivity index (χ1n) is 13.8. The molecule has 2 N–H and O–H groups in total. The maximum Gasteiger partial charge on any atom is 0.407 e. The lowest BCUT2D eigenvalue weighted by atomic mass is 9.92. The quantitative estimate of drug-likeness (QED) is 0.271. The van der Waals surface area contributed by atoms with Gasteiger partial charge in [0.1, 0.15) is 12.4 Å². The number of carbonyl (C=O) groups is 3. The second kappa shape index (κ2) is 11.8. The van der Waals surface area contributed by atoms with E-state index in [4.69, 9.17) is 4.74 Å². The lowest BCUT2D eigenvalue weighted by molar-refractivity contribution is 0.0697. The minimum absolute atomic E-state index is 0.0685. The van der Waals surface area contributed by atoms with Gasteiger partial charge in [-0.3, -0.25) is 4.79 Å². The molecule has 0 aliphatic carbocycles. The summed E-state index contributed by atoms with van der Waals surface area (Å²) >= 11 is 0. The number of aromatic nitrogens is 1. The standard InChI is InChI=1S/C33H33N3O6/c1-4-36(25-10-12-26(13-11-25)42-20-22-8-6-5-7-9-22)31(37)27-18-30(34(3)21(27)2)28-16-23-14-15-35(33(40)41)19-24(23)17-29(28)32(38)39/h5-13,16-18H,4,14-15,19-20H2,1-3H3,(H,38,39)(H,40,41). The third-order valence-corrected chi connectivity index (χ3v) is 7.85. The van der Waals surface area contributed by atoms with Crippen molar-refractivity contribution in [2.75, 3.05) is 18.0 Å². The predicted octanol–water partition coefficient (Wildman–Crippen LogP) is 5.98. The van der Waals surface area contributed by atoms with E-state index in [1.165, 1.54) is 4.90 Å².